The number of aliphatic hydroxyl groups is 1. The van der Waals surface area contributed by atoms with Gasteiger partial charge in [-0.1, -0.05) is 13.8 Å². The van der Waals surface area contributed by atoms with Crippen molar-refractivity contribution in [2.24, 2.45) is 5.73 Å². The van der Waals surface area contributed by atoms with E-state index in [0.717, 1.165) is 12.8 Å². The van der Waals surface area contributed by atoms with Crippen molar-refractivity contribution in [2.45, 2.75) is 32.2 Å². The molecule has 0 fully saturated rings. The quantitative estimate of drug-likeness (QED) is 0.516. The fourth-order valence-electron chi connectivity index (χ4n) is 1.18. The third-order valence-corrected chi connectivity index (χ3v) is 2.36. The van der Waals surface area contributed by atoms with E-state index >= 15 is 0 Å². The van der Waals surface area contributed by atoms with Gasteiger partial charge in [0.05, 0.1) is 6.61 Å². The van der Waals surface area contributed by atoms with Crippen molar-refractivity contribution in [2.75, 3.05) is 19.7 Å². The molecule has 0 radical (unpaired) electrons. The third-order valence-electron chi connectivity index (χ3n) is 2.36. The predicted octanol–water partition coefficient (Wildman–Crippen LogP) is 0.0858. The Morgan fingerprint density at radius 1 is 1.36 bits per heavy atom. The minimum atomic E-state index is 0.0444. The zero-order valence-corrected chi connectivity index (χ0v) is 7.56. The van der Waals surface area contributed by atoms with E-state index in [1.54, 1.807) is 0 Å². The van der Waals surface area contributed by atoms with Crippen molar-refractivity contribution in [3.05, 3.63) is 0 Å². The van der Waals surface area contributed by atoms with Gasteiger partial charge >= 0.3 is 0 Å². The molecule has 0 spiro atoms. The second-order valence-corrected chi connectivity index (χ2v) is 2.84. The van der Waals surface area contributed by atoms with Gasteiger partial charge in [-0.25, -0.2) is 0 Å². The minimum absolute atomic E-state index is 0.0444. The van der Waals surface area contributed by atoms with E-state index in [4.69, 9.17) is 10.8 Å². The minimum Gasteiger partial charge on any atom is -0.395 e. The van der Waals surface area contributed by atoms with Gasteiger partial charge in [0.25, 0.3) is 0 Å². The van der Waals surface area contributed by atoms with Gasteiger partial charge in [-0.05, 0) is 12.8 Å². The molecule has 0 saturated carbocycles. The largest absolute Gasteiger partial charge is 0.395 e. The van der Waals surface area contributed by atoms with E-state index in [1.165, 1.54) is 0 Å². The SMILES string of the molecule is CCC(CC)(CN)NCCO. The fourth-order valence-corrected chi connectivity index (χ4v) is 1.18. The van der Waals surface area contributed by atoms with Crippen LogP contribution in [0.5, 0.6) is 0 Å². The van der Waals surface area contributed by atoms with E-state index in [0.29, 0.717) is 13.1 Å². The van der Waals surface area contributed by atoms with Crippen LogP contribution < -0.4 is 11.1 Å². The van der Waals surface area contributed by atoms with Crippen LogP contribution in [-0.4, -0.2) is 30.3 Å². The summed E-state index contributed by atoms with van der Waals surface area (Å²) in [6.45, 7) is 5.68. The third kappa shape index (κ3) is 3.18. The van der Waals surface area contributed by atoms with Gasteiger partial charge in [0.1, 0.15) is 0 Å². The number of β-amino-alcohol motifs (C(OH)–C–C–N with tert-alkyl or cyclic N) is 1. The summed E-state index contributed by atoms with van der Waals surface area (Å²) >= 11 is 0. The zero-order valence-electron chi connectivity index (χ0n) is 7.56. The second-order valence-electron chi connectivity index (χ2n) is 2.84. The zero-order chi connectivity index (χ0) is 8.74. The lowest BCUT2D eigenvalue weighted by atomic mass is 9.93. The lowest BCUT2D eigenvalue weighted by Crippen LogP contribution is -2.51. The normalized spacial score (nSPS) is 12.0. The molecule has 0 aliphatic carbocycles. The molecule has 0 rings (SSSR count). The molecule has 0 aliphatic rings. The molecule has 4 N–H and O–H groups in total. The Hall–Kier alpha value is -0.120. The molecule has 0 aromatic heterocycles. The average molecular weight is 160 g/mol. The summed E-state index contributed by atoms with van der Waals surface area (Å²) in [5.41, 5.74) is 5.67. The molecule has 0 saturated heterocycles. The van der Waals surface area contributed by atoms with E-state index < -0.39 is 0 Å². The topological polar surface area (TPSA) is 58.3 Å². The molecule has 68 valence electrons. The van der Waals surface area contributed by atoms with E-state index in [2.05, 4.69) is 19.2 Å². The van der Waals surface area contributed by atoms with Gasteiger partial charge in [-0.15, -0.1) is 0 Å². The number of hydrogen-bond donors (Lipinski definition) is 3. The number of aliphatic hydroxyl groups excluding tert-OH is 1. The molecule has 0 aromatic carbocycles. The highest BCUT2D eigenvalue weighted by molar-refractivity contribution is 4.85. The second kappa shape index (κ2) is 5.52. The smallest absolute Gasteiger partial charge is 0.0556 e. The van der Waals surface area contributed by atoms with Crippen LogP contribution in [0.4, 0.5) is 0 Å². The van der Waals surface area contributed by atoms with Crippen molar-refractivity contribution in [3.63, 3.8) is 0 Å². The van der Waals surface area contributed by atoms with E-state index in [9.17, 15) is 0 Å². The Morgan fingerprint density at radius 3 is 2.18 bits per heavy atom. The Kier molecular flexibility index (Phi) is 5.46. The molecule has 0 amide bonds. The summed E-state index contributed by atoms with van der Waals surface area (Å²) in [4.78, 5) is 0. The Bertz CT molecular complexity index is 83.8. The van der Waals surface area contributed by atoms with E-state index in [-0.39, 0.29) is 12.1 Å². The van der Waals surface area contributed by atoms with Crippen molar-refractivity contribution in [1.82, 2.24) is 5.32 Å². The Morgan fingerprint density at radius 2 is 1.91 bits per heavy atom. The number of rotatable bonds is 6. The van der Waals surface area contributed by atoms with Crippen LogP contribution in [0.2, 0.25) is 0 Å². The van der Waals surface area contributed by atoms with Crippen LogP contribution in [0.1, 0.15) is 26.7 Å². The maximum atomic E-state index is 8.61. The van der Waals surface area contributed by atoms with Gasteiger partial charge in [0.2, 0.25) is 0 Å². The summed E-state index contributed by atoms with van der Waals surface area (Å²) in [5, 5.41) is 11.9. The van der Waals surface area contributed by atoms with Gasteiger partial charge in [0, 0.05) is 18.6 Å². The average Bonchev–Trinajstić information content (AvgIpc) is 2.08. The maximum Gasteiger partial charge on any atom is 0.0556 e. The molecule has 0 bridgehead atoms. The van der Waals surface area contributed by atoms with Gasteiger partial charge < -0.3 is 16.2 Å². The van der Waals surface area contributed by atoms with Crippen LogP contribution in [0, 0.1) is 0 Å². The number of nitrogens with two attached hydrogens (primary N) is 1. The van der Waals surface area contributed by atoms with Gasteiger partial charge in [0.15, 0.2) is 0 Å². The first-order valence-electron chi connectivity index (χ1n) is 4.30. The Labute approximate surface area is 69.0 Å². The summed E-state index contributed by atoms with van der Waals surface area (Å²) in [5.74, 6) is 0. The maximum absolute atomic E-state index is 8.61. The molecule has 11 heavy (non-hydrogen) atoms. The lowest BCUT2D eigenvalue weighted by Gasteiger charge is -2.31. The van der Waals surface area contributed by atoms with Crippen LogP contribution in [0.3, 0.4) is 0 Å². The highest BCUT2D eigenvalue weighted by atomic mass is 16.3. The van der Waals surface area contributed by atoms with Crippen LogP contribution >= 0.6 is 0 Å². The van der Waals surface area contributed by atoms with E-state index in [1.807, 2.05) is 0 Å². The molecule has 3 nitrogen and oxygen atoms in total. The first-order chi connectivity index (χ1) is 5.24. The molecule has 0 atom stereocenters. The first-order valence-corrected chi connectivity index (χ1v) is 4.30. The van der Waals surface area contributed by atoms with Crippen molar-refractivity contribution < 1.29 is 5.11 Å². The highest BCUT2D eigenvalue weighted by Gasteiger charge is 2.22. The molecule has 0 heterocycles. The summed E-state index contributed by atoms with van der Waals surface area (Å²) in [7, 11) is 0. The molecular weight excluding hydrogens is 140 g/mol. The molecule has 0 unspecified atom stereocenters. The van der Waals surface area contributed by atoms with Crippen LogP contribution in [0.25, 0.3) is 0 Å². The predicted molar refractivity (Wildman–Crippen MR) is 47.5 cm³/mol. The highest BCUT2D eigenvalue weighted by Crippen LogP contribution is 2.12. The summed E-state index contributed by atoms with van der Waals surface area (Å²) < 4.78 is 0. The van der Waals surface area contributed by atoms with Crippen molar-refractivity contribution >= 4 is 0 Å². The fraction of sp³-hybridized carbons (Fsp3) is 1.00. The first kappa shape index (κ1) is 10.9. The molecule has 0 aromatic rings. The lowest BCUT2D eigenvalue weighted by molar-refractivity contribution is 0.244. The molecule has 0 aliphatic heterocycles. The summed E-state index contributed by atoms with van der Waals surface area (Å²) in [6, 6.07) is 0. The monoisotopic (exact) mass is 160 g/mol. The number of hydrogen-bond acceptors (Lipinski definition) is 3. The Balaban J connectivity index is 3.84. The standard InChI is InChI=1S/C8H20N2O/c1-3-8(4-2,7-9)10-5-6-11/h10-11H,3-7,9H2,1-2H3. The van der Waals surface area contributed by atoms with Gasteiger partial charge in [-0.2, -0.15) is 0 Å². The summed E-state index contributed by atoms with van der Waals surface area (Å²) in [6.07, 6.45) is 2.03. The molecule has 3 heteroatoms. The van der Waals surface area contributed by atoms with Gasteiger partial charge in [-0.3, -0.25) is 0 Å². The van der Waals surface area contributed by atoms with Crippen molar-refractivity contribution in [1.29, 1.82) is 0 Å². The molecular formula is C8H20N2O. The van der Waals surface area contributed by atoms with Crippen LogP contribution in [-0.2, 0) is 0 Å². The van der Waals surface area contributed by atoms with Crippen LogP contribution in [0.15, 0.2) is 0 Å². The van der Waals surface area contributed by atoms with Crippen molar-refractivity contribution in [3.8, 4) is 0 Å². The number of nitrogens with one attached hydrogen (secondary N) is 1.